The van der Waals surface area contributed by atoms with Crippen molar-refractivity contribution in [3.05, 3.63) is 105 Å². The molecule has 5 heteroatoms. The van der Waals surface area contributed by atoms with E-state index in [1.54, 1.807) is 4.90 Å². The van der Waals surface area contributed by atoms with Crippen LogP contribution in [-0.4, -0.2) is 29.3 Å². The summed E-state index contributed by atoms with van der Waals surface area (Å²) >= 11 is 3.54. The Labute approximate surface area is 217 Å². The molecule has 3 aromatic rings. The van der Waals surface area contributed by atoms with Crippen LogP contribution in [-0.2, 0) is 29.0 Å². The van der Waals surface area contributed by atoms with Crippen molar-refractivity contribution < 1.29 is 9.59 Å². The summed E-state index contributed by atoms with van der Waals surface area (Å²) in [6, 6.07) is 23.4. The van der Waals surface area contributed by atoms with E-state index in [4.69, 9.17) is 0 Å². The minimum atomic E-state index is -0.617. The maximum atomic E-state index is 13.8. The number of halogens is 1. The van der Waals surface area contributed by atoms with E-state index in [-0.39, 0.29) is 18.2 Å². The first-order valence-corrected chi connectivity index (χ1v) is 12.9. The molecule has 0 saturated heterocycles. The van der Waals surface area contributed by atoms with Gasteiger partial charge < -0.3 is 10.2 Å². The molecule has 0 unspecified atom stereocenters. The average molecular weight is 536 g/mol. The molecule has 0 spiro atoms. The summed E-state index contributed by atoms with van der Waals surface area (Å²) in [5, 5.41) is 3.07. The first-order chi connectivity index (χ1) is 16.7. The number of nitrogens with one attached hydrogen (secondary N) is 1. The third-order valence-electron chi connectivity index (χ3n) is 5.83. The SMILES string of the molecule is Cc1cc(C)cc(CC(=O)N(Cc2cccc(Br)c2)[C@H](Cc2ccccc2)C(=O)NCC(C)C)c1. The van der Waals surface area contributed by atoms with Crippen LogP contribution in [0.5, 0.6) is 0 Å². The highest BCUT2D eigenvalue weighted by Crippen LogP contribution is 2.20. The lowest BCUT2D eigenvalue weighted by molar-refractivity contribution is -0.140. The molecule has 3 aromatic carbocycles. The van der Waals surface area contributed by atoms with Crippen molar-refractivity contribution in [2.75, 3.05) is 6.54 Å². The summed E-state index contributed by atoms with van der Waals surface area (Å²) in [6.45, 7) is 9.14. The van der Waals surface area contributed by atoms with Gasteiger partial charge in [-0.25, -0.2) is 0 Å². The smallest absolute Gasteiger partial charge is 0.243 e. The molecule has 0 aliphatic heterocycles. The third-order valence-corrected chi connectivity index (χ3v) is 6.33. The summed E-state index contributed by atoms with van der Waals surface area (Å²) in [5.74, 6) is 0.141. The lowest BCUT2D eigenvalue weighted by Gasteiger charge is -2.32. The molecule has 0 aliphatic rings. The molecule has 0 aromatic heterocycles. The molecule has 3 rings (SSSR count). The molecule has 1 N–H and O–H groups in total. The molecule has 2 amide bonds. The van der Waals surface area contributed by atoms with E-state index >= 15 is 0 Å². The van der Waals surface area contributed by atoms with Crippen LogP contribution >= 0.6 is 15.9 Å². The van der Waals surface area contributed by atoms with Crippen LogP contribution in [0.15, 0.2) is 77.3 Å². The standard InChI is InChI=1S/C30H35BrN2O2/c1-21(2)19-32-30(35)28(17-24-9-6-5-7-10-24)33(20-25-11-8-12-27(31)16-25)29(34)18-26-14-22(3)13-23(4)15-26/h5-16,21,28H,17-20H2,1-4H3,(H,32,35)/t28-/m1/s1. The highest BCUT2D eigenvalue weighted by Gasteiger charge is 2.30. The molecule has 35 heavy (non-hydrogen) atoms. The van der Waals surface area contributed by atoms with Crippen LogP contribution in [0.3, 0.4) is 0 Å². The second-order valence-electron chi connectivity index (χ2n) is 9.67. The molecule has 0 aliphatic carbocycles. The highest BCUT2D eigenvalue weighted by atomic mass is 79.9. The van der Waals surface area contributed by atoms with Crippen molar-refractivity contribution >= 4 is 27.7 Å². The number of benzene rings is 3. The van der Waals surface area contributed by atoms with Gasteiger partial charge in [0, 0.05) is 24.0 Å². The van der Waals surface area contributed by atoms with Gasteiger partial charge in [-0.3, -0.25) is 9.59 Å². The molecule has 1 atom stereocenters. The summed E-state index contributed by atoms with van der Waals surface area (Å²) in [7, 11) is 0. The first-order valence-electron chi connectivity index (χ1n) is 12.1. The van der Waals surface area contributed by atoms with Crippen molar-refractivity contribution in [3.63, 3.8) is 0 Å². The molecule has 0 heterocycles. The van der Waals surface area contributed by atoms with Crippen molar-refractivity contribution in [1.29, 1.82) is 0 Å². The van der Waals surface area contributed by atoms with Gasteiger partial charge in [-0.2, -0.15) is 0 Å². The molecule has 0 fully saturated rings. The number of rotatable bonds is 10. The topological polar surface area (TPSA) is 49.4 Å². The van der Waals surface area contributed by atoms with Gasteiger partial charge in [-0.1, -0.05) is 102 Å². The fourth-order valence-electron chi connectivity index (χ4n) is 4.26. The summed E-state index contributed by atoms with van der Waals surface area (Å²) in [4.78, 5) is 29.1. The zero-order chi connectivity index (χ0) is 25.4. The Morgan fingerprint density at radius 1 is 0.857 bits per heavy atom. The monoisotopic (exact) mass is 534 g/mol. The van der Waals surface area contributed by atoms with Gasteiger partial charge in [0.05, 0.1) is 6.42 Å². The molecule has 184 valence electrons. The van der Waals surface area contributed by atoms with Crippen LogP contribution in [0.4, 0.5) is 0 Å². The van der Waals surface area contributed by atoms with Crippen molar-refractivity contribution in [2.24, 2.45) is 5.92 Å². The highest BCUT2D eigenvalue weighted by molar-refractivity contribution is 9.10. The van der Waals surface area contributed by atoms with Gasteiger partial charge in [0.1, 0.15) is 6.04 Å². The molecule has 4 nitrogen and oxygen atoms in total. The first kappa shape index (κ1) is 26.7. The number of hydrogen-bond donors (Lipinski definition) is 1. The average Bonchev–Trinajstić information content (AvgIpc) is 2.79. The Morgan fingerprint density at radius 3 is 2.14 bits per heavy atom. The van der Waals surface area contributed by atoms with E-state index in [1.165, 1.54) is 0 Å². The van der Waals surface area contributed by atoms with E-state index in [0.29, 0.717) is 25.4 Å². The van der Waals surface area contributed by atoms with E-state index in [9.17, 15) is 9.59 Å². The van der Waals surface area contributed by atoms with Crippen LogP contribution < -0.4 is 5.32 Å². The Kier molecular flexibility index (Phi) is 9.67. The summed E-state index contributed by atoms with van der Waals surface area (Å²) in [5.41, 5.74) is 5.22. The summed E-state index contributed by atoms with van der Waals surface area (Å²) in [6.07, 6.45) is 0.705. The van der Waals surface area contributed by atoms with E-state index in [1.807, 2.05) is 80.6 Å². The van der Waals surface area contributed by atoms with Crippen LogP contribution in [0.1, 0.15) is 41.7 Å². The second kappa shape index (κ2) is 12.7. The lowest BCUT2D eigenvalue weighted by atomic mass is 10.00. The molecule has 0 radical (unpaired) electrons. The fourth-order valence-corrected chi connectivity index (χ4v) is 4.70. The minimum absolute atomic E-state index is 0.0596. The molecule has 0 bridgehead atoms. The molecular weight excluding hydrogens is 500 g/mol. The molecule has 0 saturated carbocycles. The Balaban J connectivity index is 1.97. The van der Waals surface area contributed by atoms with Crippen LogP contribution in [0.25, 0.3) is 0 Å². The fraction of sp³-hybridized carbons (Fsp3) is 0.333. The maximum Gasteiger partial charge on any atom is 0.243 e. The Morgan fingerprint density at radius 2 is 1.51 bits per heavy atom. The number of carbonyl (C=O) groups excluding carboxylic acids is 2. The number of hydrogen-bond acceptors (Lipinski definition) is 2. The van der Waals surface area contributed by atoms with Crippen molar-refractivity contribution in [1.82, 2.24) is 10.2 Å². The third kappa shape index (κ3) is 8.36. The van der Waals surface area contributed by atoms with Gasteiger partial charge in [-0.05, 0) is 48.6 Å². The molecular formula is C30H35BrN2O2. The van der Waals surface area contributed by atoms with Gasteiger partial charge in [0.25, 0.3) is 0 Å². The predicted octanol–water partition coefficient (Wildman–Crippen LogP) is 6.02. The van der Waals surface area contributed by atoms with Crippen LogP contribution in [0, 0.1) is 19.8 Å². The largest absolute Gasteiger partial charge is 0.354 e. The van der Waals surface area contributed by atoms with Crippen LogP contribution in [0.2, 0.25) is 0 Å². The minimum Gasteiger partial charge on any atom is -0.354 e. The predicted molar refractivity (Wildman–Crippen MR) is 146 cm³/mol. The lowest BCUT2D eigenvalue weighted by Crippen LogP contribution is -2.51. The zero-order valence-corrected chi connectivity index (χ0v) is 22.6. The zero-order valence-electron chi connectivity index (χ0n) is 21.1. The van der Waals surface area contributed by atoms with Gasteiger partial charge in [0.2, 0.25) is 11.8 Å². The summed E-state index contributed by atoms with van der Waals surface area (Å²) < 4.78 is 0.945. The van der Waals surface area contributed by atoms with Gasteiger partial charge in [0.15, 0.2) is 0 Å². The normalized spacial score (nSPS) is 11.8. The Bertz CT molecular complexity index is 1120. The quantitative estimate of drug-likeness (QED) is 0.345. The number of aryl methyl sites for hydroxylation is 2. The Hall–Kier alpha value is -2.92. The number of amides is 2. The van der Waals surface area contributed by atoms with E-state index < -0.39 is 6.04 Å². The number of carbonyl (C=O) groups is 2. The van der Waals surface area contributed by atoms with Gasteiger partial charge >= 0.3 is 0 Å². The maximum absolute atomic E-state index is 13.8. The number of nitrogens with zero attached hydrogens (tertiary/aromatic N) is 1. The van der Waals surface area contributed by atoms with Crippen molar-refractivity contribution in [3.8, 4) is 0 Å². The van der Waals surface area contributed by atoms with E-state index in [2.05, 4.69) is 41.2 Å². The van der Waals surface area contributed by atoms with Crippen molar-refractivity contribution in [2.45, 2.75) is 53.1 Å². The second-order valence-corrected chi connectivity index (χ2v) is 10.6. The van der Waals surface area contributed by atoms with Gasteiger partial charge in [-0.15, -0.1) is 0 Å². The van der Waals surface area contributed by atoms with E-state index in [0.717, 1.165) is 32.3 Å².